The predicted molar refractivity (Wildman–Crippen MR) is 82.8 cm³/mol. The van der Waals surface area contributed by atoms with E-state index < -0.39 is 32.8 Å². The molecule has 0 amide bonds. The number of benzene rings is 1. The lowest BCUT2D eigenvalue weighted by molar-refractivity contribution is -0.685. The largest absolute Gasteiger partial charge is 1.00 e. The van der Waals surface area contributed by atoms with Gasteiger partial charge in [-0.15, -0.1) is 0 Å². The van der Waals surface area contributed by atoms with Crippen molar-refractivity contribution in [1.29, 1.82) is 0 Å². The second-order valence-corrected chi connectivity index (χ2v) is 5.27. The maximum atomic E-state index is 12.3. The van der Waals surface area contributed by atoms with Crippen LogP contribution < -0.4 is 37.8 Å². The number of nitro groups is 1. The molecule has 0 fully saturated rings. The normalized spacial score (nSPS) is 11.3. The smallest absolute Gasteiger partial charge is 0.376 e. The van der Waals surface area contributed by atoms with Crippen LogP contribution in [0.2, 0.25) is 0 Å². The molecule has 0 saturated heterocycles. The Morgan fingerprint density at radius 1 is 1.35 bits per heavy atom. The molecule has 134 valence electrons. The van der Waals surface area contributed by atoms with E-state index in [-0.39, 0.29) is 34.3 Å². The first-order chi connectivity index (χ1) is 11.9. The molecule has 10 nitrogen and oxygen atoms in total. The Kier molecular flexibility index (Phi) is 5.41. The number of aromatic nitrogens is 2. The van der Waals surface area contributed by atoms with Crippen molar-refractivity contribution in [3.63, 3.8) is 0 Å². The first-order valence-electron chi connectivity index (χ1n) is 7.04. The van der Waals surface area contributed by atoms with Crippen LogP contribution in [0.5, 0.6) is 0 Å². The third kappa shape index (κ3) is 3.42. The van der Waals surface area contributed by atoms with Crippen LogP contribution in [0.25, 0.3) is 10.8 Å². The maximum absolute atomic E-state index is 12.3. The van der Waals surface area contributed by atoms with E-state index in [1.54, 1.807) is 30.3 Å². The molecule has 0 radical (unpaired) electrons. The zero-order chi connectivity index (χ0) is 18.1. The number of aryl methyl sites for hydroxylation is 1. The van der Waals surface area contributed by atoms with E-state index in [0.29, 0.717) is 0 Å². The van der Waals surface area contributed by atoms with Crippen molar-refractivity contribution in [2.24, 2.45) is 12.2 Å². The minimum absolute atomic E-state index is 0. The number of carbonyl (C=O) groups is 1. The van der Waals surface area contributed by atoms with Crippen molar-refractivity contribution in [2.45, 2.75) is 6.54 Å². The summed E-state index contributed by atoms with van der Waals surface area (Å²) < 4.78 is 3.22. The molecule has 0 atom stereocenters. The van der Waals surface area contributed by atoms with Gasteiger partial charge in [0.2, 0.25) is 17.2 Å². The standard InChI is InChI=1S/C15H11N4O6.BrH/c1-17-5-6-18(8-17)7-11(20)25-16-13-14(21)9-3-2-4-10(19(23)24)12(9)15(13)22;/h2-6,8H,7H2,1H3;1H/q+1;/p-1. The number of carbonyl (C=O) groups excluding carboxylic acids is 1. The number of imidazole rings is 1. The Labute approximate surface area is 155 Å². The van der Waals surface area contributed by atoms with Gasteiger partial charge in [0.25, 0.3) is 5.69 Å². The molecule has 0 aliphatic rings. The van der Waals surface area contributed by atoms with Crippen molar-refractivity contribution in [1.82, 2.24) is 4.57 Å². The zero-order valence-electron chi connectivity index (χ0n) is 13.3. The monoisotopic (exact) mass is 422 g/mol. The summed E-state index contributed by atoms with van der Waals surface area (Å²) in [6, 6.07) is 3.70. The summed E-state index contributed by atoms with van der Waals surface area (Å²) in [5.74, 6) is -0.797. The number of hydrogen-bond donors (Lipinski definition) is 0. The average molecular weight is 423 g/mol. The van der Waals surface area contributed by atoms with Crippen LogP contribution in [-0.2, 0) is 23.2 Å². The van der Waals surface area contributed by atoms with E-state index >= 15 is 0 Å². The molecular weight excluding hydrogens is 412 g/mol. The van der Waals surface area contributed by atoms with Crippen molar-refractivity contribution < 1.29 is 36.1 Å². The number of non-ortho nitro benzene ring substituents is 1. The van der Waals surface area contributed by atoms with Crippen LogP contribution in [0.1, 0.15) is 0 Å². The lowest BCUT2D eigenvalue weighted by Crippen LogP contribution is -3.00. The van der Waals surface area contributed by atoms with Gasteiger partial charge in [-0.25, -0.2) is 13.9 Å². The summed E-state index contributed by atoms with van der Waals surface area (Å²) >= 11 is 0. The highest BCUT2D eigenvalue weighted by molar-refractivity contribution is 5.91. The van der Waals surface area contributed by atoms with Crippen LogP contribution in [0, 0.1) is 10.1 Å². The number of nitro benzene ring substituents is 1. The molecule has 1 aromatic heterocycles. The van der Waals surface area contributed by atoms with Gasteiger partial charge in [-0.05, 0) is 6.07 Å². The third-order valence-electron chi connectivity index (χ3n) is 3.52. The van der Waals surface area contributed by atoms with Gasteiger partial charge in [-0.2, -0.15) is 0 Å². The molecule has 0 saturated carbocycles. The van der Waals surface area contributed by atoms with Crippen LogP contribution in [0.4, 0.5) is 5.69 Å². The zero-order valence-corrected chi connectivity index (χ0v) is 14.9. The Balaban J connectivity index is 0.00000243. The number of fused-ring (bicyclic) bond motifs is 1. The van der Waals surface area contributed by atoms with Gasteiger partial charge >= 0.3 is 5.97 Å². The number of nitrogens with zero attached hydrogens (tertiary/aromatic N) is 4. The summed E-state index contributed by atoms with van der Waals surface area (Å²) in [4.78, 5) is 51.0. The van der Waals surface area contributed by atoms with Gasteiger partial charge in [0.05, 0.1) is 12.0 Å². The summed E-state index contributed by atoms with van der Waals surface area (Å²) in [5.41, 5.74) is -2.25. The topological polar surface area (TPSA) is 125 Å². The van der Waals surface area contributed by atoms with Crippen LogP contribution in [0.15, 0.2) is 51.7 Å². The van der Waals surface area contributed by atoms with Gasteiger partial charge in [-0.1, -0.05) is 11.2 Å². The lowest BCUT2D eigenvalue weighted by atomic mass is 10.2. The second-order valence-electron chi connectivity index (χ2n) is 5.27. The van der Waals surface area contributed by atoms with E-state index in [1.807, 2.05) is 0 Å². The fourth-order valence-electron chi connectivity index (χ4n) is 2.42. The van der Waals surface area contributed by atoms with E-state index in [0.717, 1.165) is 6.07 Å². The van der Waals surface area contributed by atoms with Gasteiger partial charge in [-0.3, -0.25) is 19.7 Å². The maximum Gasteiger partial charge on any atom is 0.376 e. The summed E-state index contributed by atoms with van der Waals surface area (Å²) in [6.07, 6.45) is 4.96. The van der Waals surface area contributed by atoms with Gasteiger partial charge in [0, 0.05) is 11.5 Å². The number of rotatable bonds is 4. The number of halogens is 1. The SMILES string of the molecule is Cn1cc[n+](CC(=O)ON=c2c(=O)c3cccc([N+](=O)[O-])c3c2=O)c1.[Br-]. The van der Waals surface area contributed by atoms with Gasteiger partial charge < -0.3 is 21.8 Å². The lowest BCUT2D eigenvalue weighted by Gasteiger charge is -1.93. The molecule has 0 spiro atoms. The summed E-state index contributed by atoms with van der Waals surface area (Å²) in [7, 11) is 1.77. The molecule has 11 heteroatoms. The molecule has 2 aromatic carbocycles. The molecule has 1 heterocycles. The molecule has 3 rings (SSSR count). The van der Waals surface area contributed by atoms with Crippen LogP contribution in [0.3, 0.4) is 0 Å². The highest BCUT2D eigenvalue weighted by Gasteiger charge is 2.21. The van der Waals surface area contributed by atoms with Crippen molar-refractivity contribution in [2.75, 3.05) is 0 Å². The van der Waals surface area contributed by atoms with Crippen LogP contribution in [-0.4, -0.2) is 15.5 Å². The molecular formula is C15H11BrN4O6. The molecule has 26 heavy (non-hydrogen) atoms. The first kappa shape index (κ1) is 19.1. The fourth-order valence-corrected chi connectivity index (χ4v) is 2.42. The number of hydrogen-bond acceptors (Lipinski definition) is 7. The molecule has 0 aliphatic carbocycles. The Morgan fingerprint density at radius 2 is 2.08 bits per heavy atom. The molecule has 0 N–H and O–H groups in total. The van der Waals surface area contributed by atoms with Crippen LogP contribution >= 0.6 is 0 Å². The summed E-state index contributed by atoms with van der Waals surface area (Å²) in [5, 5.41) is 13.2. The van der Waals surface area contributed by atoms with E-state index in [9.17, 15) is 24.5 Å². The van der Waals surface area contributed by atoms with E-state index in [1.165, 1.54) is 16.7 Å². The Morgan fingerprint density at radius 3 is 2.69 bits per heavy atom. The average Bonchev–Trinajstić information content (AvgIpc) is 3.08. The molecule has 3 aromatic rings. The summed E-state index contributed by atoms with van der Waals surface area (Å²) in [6.45, 7) is -0.174. The molecule has 0 bridgehead atoms. The third-order valence-corrected chi connectivity index (χ3v) is 3.52. The van der Waals surface area contributed by atoms with Crippen molar-refractivity contribution in [3.05, 3.63) is 72.8 Å². The quantitative estimate of drug-likeness (QED) is 0.183. The Hall–Kier alpha value is -3.21. The van der Waals surface area contributed by atoms with E-state index in [2.05, 4.69) is 9.99 Å². The van der Waals surface area contributed by atoms with Crippen molar-refractivity contribution >= 4 is 22.4 Å². The minimum Gasteiger partial charge on any atom is -1.00 e. The highest BCUT2D eigenvalue weighted by Crippen LogP contribution is 2.18. The van der Waals surface area contributed by atoms with Gasteiger partial charge in [0.15, 0.2) is 11.9 Å². The first-order valence-corrected chi connectivity index (χ1v) is 7.04. The Bertz CT molecular complexity index is 1160. The second kappa shape index (κ2) is 7.35. The molecule has 0 aliphatic heterocycles. The predicted octanol–water partition coefficient (Wildman–Crippen LogP) is -3.97. The highest BCUT2D eigenvalue weighted by atomic mass is 79.9. The fraction of sp³-hybridized carbons (Fsp3) is 0.133. The van der Waals surface area contributed by atoms with Gasteiger partial charge in [0.1, 0.15) is 17.8 Å². The van der Waals surface area contributed by atoms with E-state index in [4.69, 9.17) is 0 Å². The van der Waals surface area contributed by atoms with Crippen molar-refractivity contribution in [3.8, 4) is 0 Å². The minimum atomic E-state index is -0.938. The molecule has 0 unspecified atom stereocenters.